The summed E-state index contributed by atoms with van der Waals surface area (Å²) < 4.78 is 37.3. The lowest BCUT2D eigenvalue weighted by Crippen LogP contribution is -2.29. The molecule has 0 aromatic carbocycles. The number of aryl methyl sites for hydroxylation is 1. The van der Waals surface area contributed by atoms with Crippen LogP contribution in [-0.2, 0) is 6.18 Å². The fourth-order valence-corrected chi connectivity index (χ4v) is 2.09. The highest BCUT2D eigenvalue weighted by molar-refractivity contribution is 5.20. The monoisotopic (exact) mass is 233 g/mol. The predicted octanol–water partition coefficient (Wildman–Crippen LogP) is 2.20. The van der Waals surface area contributed by atoms with Crippen molar-refractivity contribution in [3.05, 3.63) is 17.2 Å². The van der Waals surface area contributed by atoms with Gasteiger partial charge in [0.2, 0.25) is 5.82 Å². The Kier molecular flexibility index (Phi) is 2.92. The number of nitrogens with zero attached hydrogens (tertiary/aromatic N) is 1. The average Bonchev–Trinajstić information content (AvgIpc) is 2.61. The minimum atomic E-state index is -4.38. The van der Waals surface area contributed by atoms with Gasteiger partial charge >= 0.3 is 6.18 Å². The van der Waals surface area contributed by atoms with Crippen LogP contribution in [0.4, 0.5) is 13.2 Å². The third-order valence-electron chi connectivity index (χ3n) is 2.87. The molecule has 1 atom stereocenters. The number of halogens is 3. The maximum Gasteiger partial charge on any atom is 0.449 e. The number of imidazole rings is 1. The van der Waals surface area contributed by atoms with Crippen molar-refractivity contribution >= 4 is 0 Å². The van der Waals surface area contributed by atoms with Crippen LogP contribution < -0.4 is 5.32 Å². The number of hydrogen-bond donors (Lipinski definition) is 2. The first kappa shape index (κ1) is 11.4. The first-order valence-corrected chi connectivity index (χ1v) is 5.33. The molecule has 1 unspecified atom stereocenters. The quantitative estimate of drug-likeness (QED) is 0.780. The van der Waals surface area contributed by atoms with Crippen molar-refractivity contribution in [3.63, 3.8) is 0 Å². The Morgan fingerprint density at radius 2 is 2.12 bits per heavy atom. The topological polar surface area (TPSA) is 40.7 Å². The minimum absolute atomic E-state index is 0.0982. The second kappa shape index (κ2) is 4.08. The van der Waals surface area contributed by atoms with E-state index in [2.05, 4.69) is 15.3 Å². The van der Waals surface area contributed by atoms with Gasteiger partial charge in [0.25, 0.3) is 0 Å². The molecule has 0 amide bonds. The number of nitrogens with one attached hydrogen (secondary N) is 2. The van der Waals surface area contributed by atoms with Gasteiger partial charge in [-0.2, -0.15) is 13.2 Å². The zero-order valence-corrected chi connectivity index (χ0v) is 8.99. The van der Waals surface area contributed by atoms with Gasteiger partial charge in [0.1, 0.15) is 0 Å². The molecule has 6 heteroatoms. The molecule has 0 aliphatic carbocycles. The van der Waals surface area contributed by atoms with E-state index < -0.39 is 12.0 Å². The van der Waals surface area contributed by atoms with Gasteiger partial charge in [0, 0.05) is 18.2 Å². The highest BCUT2D eigenvalue weighted by Crippen LogP contribution is 2.31. The number of hydrogen-bond acceptors (Lipinski definition) is 2. The summed E-state index contributed by atoms with van der Waals surface area (Å²) in [7, 11) is 0. The summed E-state index contributed by atoms with van der Waals surface area (Å²) in [5, 5.41) is 3.17. The van der Waals surface area contributed by atoms with E-state index in [1.165, 1.54) is 0 Å². The van der Waals surface area contributed by atoms with Gasteiger partial charge < -0.3 is 10.3 Å². The third kappa shape index (κ3) is 2.21. The summed E-state index contributed by atoms with van der Waals surface area (Å²) in [6.07, 6.45) is -2.50. The Balaban J connectivity index is 2.24. The first-order valence-electron chi connectivity index (χ1n) is 5.33. The van der Waals surface area contributed by atoms with Crippen LogP contribution >= 0.6 is 0 Å². The summed E-state index contributed by atoms with van der Waals surface area (Å²) in [5.74, 6) is -0.785. The maximum atomic E-state index is 12.4. The van der Waals surface area contributed by atoms with Crippen LogP contribution in [0.5, 0.6) is 0 Å². The van der Waals surface area contributed by atoms with E-state index in [0.717, 1.165) is 19.4 Å². The molecular formula is C10H14F3N3. The van der Waals surface area contributed by atoms with Crippen molar-refractivity contribution in [2.75, 3.05) is 13.1 Å². The van der Waals surface area contributed by atoms with Gasteiger partial charge in [-0.3, -0.25) is 0 Å². The lowest BCUT2D eigenvalue weighted by Gasteiger charge is -2.21. The number of piperidine rings is 1. The number of rotatable bonds is 1. The number of aromatic nitrogens is 2. The van der Waals surface area contributed by atoms with E-state index in [9.17, 15) is 13.2 Å². The Morgan fingerprint density at radius 1 is 1.38 bits per heavy atom. The molecule has 0 saturated carbocycles. The molecule has 2 N–H and O–H groups in total. The average molecular weight is 233 g/mol. The number of aromatic amines is 1. The molecular weight excluding hydrogens is 219 g/mol. The third-order valence-corrected chi connectivity index (χ3v) is 2.87. The fraction of sp³-hybridized carbons (Fsp3) is 0.700. The molecule has 0 bridgehead atoms. The van der Waals surface area contributed by atoms with Gasteiger partial charge in [0.05, 0.1) is 5.69 Å². The van der Waals surface area contributed by atoms with Crippen LogP contribution in [0, 0.1) is 6.92 Å². The molecule has 1 fully saturated rings. The van der Waals surface area contributed by atoms with Crippen LogP contribution in [0.2, 0.25) is 0 Å². The molecule has 1 saturated heterocycles. The lowest BCUT2D eigenvalue weighted by atomic mass is 9.95. The Bertz CT molecular complexity index is 364. The molecule has 0 radical (unpaired) electrons. The maximum absolute atomic E-state index is 12.4. The zero-order chi connectivity index (χ0) is 11.8. The Hall–Kier alpha value is -1.04. The molecule has 16 heavy (non-hydrogen) atoms. The van der Waals surface area contributed by atoms with Crippen molar-refractivity contribution in [1.29, 1.82) is 0 Å². The highest BCUT2D eigenvalue weighted by atomic mass is 19.4. The van der Waals surface area contributed by atoms with Crippen molar-refractivity contribution in [1.82, 2.24) is 15.3 Å². The summed E-state index contributed by atoms with van der Waals surface area (Å²) in [6, 6.07) is 0. The molecule has 2 heterocycles. The van der Waals surface area contributed by atoms with Gasteiger partial charge in [-0.05, 0) is 26.3 Å². The zero-order valence-electron chi connectivity index (χ0n) is 8.99. The van der Waals surface area contributed by atoms with Crippen LogP contribution in [0.15, 0.2) is 0 Å². The lowest BCUT2D eigenvalue weighted by molar-refractivity contribution is -0.144. The smallest absolute Gasteiger partial charge is 0.338 e. The molecule has 1 aliphatic rings. The molecule has 1 aromatic rings. The largest absolute Gasteiger partial charge is 0.449 e. The number of H-pyrrole nitrogens is 1. The van der Waals surface area contributed by atoms with E-state index in [4.69, 9.17) is 0 Å². The summed E-state index contributed by atoms with van der Waals surface area (Å²) >= 11 is 0. The van der Waals surface area contributed by atoms with E-state index in [1.54, 1.807) is 6.92 Å². The Labute approximate surface area is 91.5 Å². The van der Waals surface area contributed by atoms with E-state index in [1.807, 2.05) is 0 Å². The highest BCUT2D eigenvalue weighted by Gasteiger charge is 2.36. The summed E-state index contributed by atoms with van der Waals surface area (Å²) in [6.45, 7) is 3.29. The summed E-state index contributed by atoms with van der Waals surface area (Å²) in [4.78, 5) is 6.00. The Morgan fingerprint density at radius 3 is 2.62 bits per heavy atom. The first-order chi connectivity index (χ1) is 7.48. The fourth-order valence-electron chi connectivity index (χ4n) is 2.09. The normalized spacial score (nSPS) is 22.4. The van der Waals surface area contributed by atoms with E-state index in [-0.39, 0.29) is 5.92 Å². The molecule has 3 nitrogen and oxygen atoms in total. The molecule has 1 aliphatic heterocycles. The van der Waals surface area contributed by atoms with E-state index >= 15 is 0 Å². The molecule has 2 rings (SSSR count). The second-order valence-corrected chi connectivity index (χ2v) is 4.14. The van der Waals surface area contributed by atoms with Gasteiger partial charge in [-0.15, -0.1) is 0 Å². The van der Waals surface area contributed by atoms with Crippen LogP contribution in [0.1, 0.15) is 36.0 Å². The van der Waals surface area contributed by atoms with Gasteiger partial charge in [0.15, 0.2) is 0 Å². The SMILES string of the molecule is Cc1[nH]c(C(F)(F)F)nc1C1CCCNC1. The van der Waals surface area contributed by atoms with Crippen molar-refractivity contribution in [2.24, 2.45) is 0 Å². The van der Waals surface area contributed by atoms with E-state index in [0.29, 0.717) is 17.9 Å². The summed E-state index contributed by atoms with van der Waals surface area (Å²) in [5.41, 5.74) is 1.08. The standard InChI is InChI=1S/C10H14F3N3/c1-6-8(7-3-2-4-14-5-7)16-9(15-6)10(11,12)13/h7,14H,2-5H2,1H3,(H,15,16). The van der Waals surface area contributed by atoms with Crippen LogP contribution in [0.25, 0.3) is 0 Å². The minimum Gasteiger partial charge on any atom is -0.338 e. The second-order valence-electron chi connectivity index (χ2n) is 4.14. The van der Waals surface area contributed by atoms with Crippen LogP contribution in [-0.4, -0.2) is 23.1 Å². The molecule has 0 spiro atoms. The molecule has 90 valence electrons. The van der Waals surface area contributed by atoms with Gasteiger partial charge in [-0.25, -0.2) is 4.98 Å². The predicted molar refractivity (Wildman–Crippen MR) is 53.2 cm³/mol. The molecule has 1 aromatic heterocycles. The van der Waals surface area contributed by atoms with Crippen molar-refractivity contribution in [3.8, 4) is 0 Å². The van der Waals surface area contributed by atoms with Crippen LogP contribution in [0.3, 0.4) is 0 Å². The number of alkyl halides is 3. The van der Waals surface area contributed by atoms with Crippen molar-refractivity contribution in [2.45, 2.75) is 31.9 Å². The van der Waals surface area contributed by atoms with Gasteiger partial charge in [-0.1, -0.05) is 0 Å². The van der Waals surface area contributed by atoms with Crippen molar-refractivity contribution < 1.29 is 13.2 Å².